The molecule has 0 spiro atoms. The standard InChI is InChI=1S/C19H24N2O3S/c1-22-18(19-3-2-10-25-19)12-20-14-6-8-21(9-7-14)15-4-5-16-17(11-15)24-13-23-16/h2-5,10-11,14,18,20H,6-9,12-13H2,1H3/t18-/m0/s1. The Balaban J connectivity index is 1.28. The van der Waals surface area contributed by atoms with Gasteiger partial charge in [0.1, 0.15) is 6.10 Å². The van der Waals surface area contributed by atoms with Crippen LogP contribution in [0.2, 0.25) is 0 Å². The van der Waals surface area contributed by atoms with E-state index in [1.807, 2.05) is 6.07 Å². The highest BCUT2D eigenvalue weighted by molar-refractivity contribution is 7.10. The van der Waals surface area contributed by atoms with Crippen LogP contribution in [0.25, 0.3) is 0 Å². The quantitative estimate of drug-likeness (QED) is 0.855. The molecule has 134 valence electrons. The van der Waals surface area contributed by atoms with Crippen molar-refractivity contribution in [3.8, 4) is 11.5 Å². The first kappa shape index (κ1) is 16.7. The van der Waals surface area contributed by atoms with Crippen molar-refractivity contribution in [1.82, 2.24) is 5.32 Å². The Morgan fingerprint density at radius 2 is 2.08 bits per heavy atom. The van der Waals surface area contributed by atoms with Crippen LogP contribution in [0.15, 0.2) is 35.7 Å². The second-order valence-corrected chi connectivity index (χ2v) is 7.43. The molecule has 1 saturated heterocycles. The maximum Gasteiger partial charge on any atom is 0.231 e. The van der Waals surface area contributed by atoms with Crippen molar-refractivity contribution >= 4 is 17.0 Å². The number of hydrogen-bond donors (Lipinski definition) is 1. The second-order valence-electron chi connectivity index (χ2n) is 6.45. The van der Waals surface area contributed by atoms with Crippen molar-refractivity contribution in [2.75, 3.05) is 38.4 Å². The Bertz CT molecular complexity index is 684. The average molecular weight is 360 g/mol. The number of hydrogen-bond acceptors (Lipinski definition) is 6. The zero-order chi connectivity index (χ0) is 17.1. The Labute approximate surface area is 152 Å². The van der Waals surface area contributed by atoms with Gasteiger partial charge in [-0.25, -0.2) is 0 Å². The van der Waals surface area contributed by atoms with E-state index >= 15 is 0 Å². The lowest BCUT2D eigenvalue weighted by atomic mass is 10.0. The van der Waals surface area contributed by atoms with Crippen molar-refractivity contribution in [3.05, 3.63) is 40.6 Å². The smallest absolute Gasteiger partial charge is 0.231 e. The molecule has 1 fully saturated rings. The van der Waals surface area contributed by atoms with Crippen molar-refractivity contribution in [1.29, 1.82) is 0 Å². The molecule has 0 aliphatic carbocycles. The molecule has 2 aliphatic heterocycles. The fraction of sp³-hybridized carbons (Fsp3) is 0.474. The van der Waals surface area contributed by atoms with Gasteiger partial charge in [0.25, 0.3) is 0 Å². The van der Waals surface area contributed by atoms with E-state index in [0.717, 1.165) is 44.0 Å². The zero-order valence-electron chi connectivity index (χ0n) is 14.4. The molecule has 0 radical (unpaired) electrons. The third-order valence-corrected chi connectivity index (χ3v) is 5.92. The summed E-state index contributed by atoms with van der Waals surface area (Å²) in [6.45, 7) is 3.29. The molecule has 5 nitrogen and oxygen atoms in total. The number of fused-ring (bicyclic) bond motifs is 1. The minimum atomic E-state index is 0.145. The topological polar surface area (TPSA) is 43.0 Å². The summed E-state index contributed by atoms with van der Waals surface area (Å²) in [6, 6.07) is 11.0. The first-order valence-corrected chi connectivity index (χ1v) is 9.65. The number of nitrogens with one attached hydrogen (secondary N) is 1. The minimum Gasteiger partial charge on any atom is -0.454 e. The predicted molar refractivity (Wildman–Crippen MR) is 99.9 cm³/mol. The Kier molecular flexibility index (Phi) is 5.10. The summed E-state index contributed by atoms with van der Waals surface area (Å²) < 4.78 is 16.5. The van der Waals surface area contributed by atoms with Crippen LogP contribution in [0.1, 0.15) is 23.8 Å². The van der Waals surface area contributed by atoms with Crippen LogP contribution < -0.4 is 19.7 Å². The third-order valence-electron chi connectivity index (χ3n) is 4.95. The molecule has 1 N–H and O–H groups in total. The molecule has 1 aromatic carbocycles. The fourth-order valence-corrected chi connectivity index (χ4v) is 4.27. The third kappa shape index (κ3) is 3.76. The minimum absolute atomic E-state index is 0.145. The van der Waals surface area contributed by atoms with Gasteiger partial charge in [0.05, 0.1) is 0 Å². The van der Waals surface area contributed by atoms with Gasteiger partial charge in [-0.05, 0) is 36.4 Å². The number of rotatable bonds is 6. The molecule has 2 aromatic rings. The number of piperidine rings is 1. The molecule has 0 unspecified atom stereocenters. The molecular formula is C19H24N2O3S. The highest BCUT2D eigenvalue weighted by Crippen LogP contribution is 2.36. The van der Waals surface area contributed by atoms with Crippen LogP contribution in [0.3, 0.4) is 0 Å². The maximum atomic E-state index is 5.63. The van der Waals surface area contributed by atoms with Crippen molar-refractivity contribution in [3.63, 3.8) is 0 Å². The van der Waals surface area contributed by atoms with Crippen LogP contribution in [0, 0.1) is 0 Å². The maximum absolute atomic E-state index is 5.63. The first-order valence-electron chi connectivity index (χ1n) is 8.77. The van der Waals surface area contributed by atoms with E-state index in [1.54, 1.807) is 18.4 Å². The van der Waals surface area contributed by atoms with E-state index in [-0.39, 0.29) is 6.10 Å². The van der Waals surface area contributed by atoms with Gasteiger partial charge >= 0.3 is 0 Å². The molecular weight excluding hydrogens is 336 g/mol. The molecule has 1 atom stereocenters. The monoisotopic (exact) mass is 360 g/mol. The second kappa shape index (κ2) is 7.64. The van der Waals surface area contributed by atoms with E-state index in [4.69, 9.17) is 14.2 Å². The largest absolute Gasteiger partial charge is 0.454 e. The van der Waals surface area contributed by atoms with E-state index in [9.17, 15) is 0 Å². The van der Waals surface area contributed by atoms with Crippen LogP contribution in [0.5, 0.6) is 11.5 Å². The summed E-state index contributed by atoms with van der Waals surface area (Å²) in [7, 11) is 1.79. The first-order chi connectivity index (χ1) is 12.3. The number of nitrogens with zero attached hydrogens (tertiary/aromatic N) is 1. The molecule has 2 aliphatic rings. The van der Waals surface area contributed by atoms with Crippen LogP contribution in [0.4, 0.5) is 5.69 Å². The van der Waals surface area contributed by atoms with Gasteiger partial charge < -0.3 is 24.4 Å². The van der Waals surface area contributed by atoms with E-state index in [2.05, 4.69) is 39.9 Å². The lowest BCUT2D eigenvalue weighted by molar-refractivity contribution is 0.101. The van der Waals surface area contributed by atoms with E-state index in [0.29, 0.717) is 12.8 Å². The molecule has 3 heterocycles. The van der Waals surface area contributed by atoms with Crippen molar-refractivity contribution < 1.29 is 14.2 Å². The molecule has 25 heavy (non-hydrogen) atoms. The summed E-state index contributed by atoms with van der Waals surface area (Å²) in [6.07, 6.45) is 2.41. The molecule has 6 heteroatoms. The van der Waals surface area contributed by atoms with E-state index < -0.39 is 0 Å². The molecule has 0 bridgehead atoms. The van der Waals surface area contributed by atoms with Gasteiger partial charge in [0.2, 0.25) is 6.79 Å². The van der Waals surface area contributed by atoms with Gasteiger partial charge in [-0.2, -0.15) is 0 Å². The van der Waals surface area contributed by atoms with E-state index in [1.165, 1.54) is 10.6 Å². The van der Waals surface area contributed by atoms with Gasteiger partial charge in [-0.3, -0.25) is 0 Å². The van der Waals surface area contributed by atoms with Crippen molar-refractivity contribution in [2.45, 2.75) is 25.0 Å². The summed E-state index contributed by atoms with van der Waals surface area (Å²) in [5, 5.41) is 5.79. The fourth-order valence-electron chi connectivity index (χ4n) is 3.47. The number of benzene rings is 1. The SMILES string of the molecule is CO[C@@H](CNC1CCN(c2ccc3c(c2)OCO3)CC1)c1cccs1. The van der Waals surface area contributed by atoms with Crippen LogP contribution in [-0.2, 0) is 4.74 Å². The van der Waals surface area contributed by atoms with Gasteiger partial charge in [0, 0.05) is 49.4 Å². The zero-order valence-corrected chi connectivity index (χ0v) is 15.3. The van der Waals surface area contributed by atoms with Crippen LogP contribution >= 0.6 is 11.3 Å². The lowest BCUT2D eigenvalue weighted by Crippen LogP contribution is -2.43. The Morgan fingerprint density at radius 3 is 2.84 bits per heavy atom. The number of ether oxygens (including phenoxy) is 3. The van der Waals surface area contributed by atoms with Gasteiger partial charge in [-0.1, -0.05) is 6.07 Å². The number of methoxy groups -OCH3 is 1. The predicted octanol–water partition coefficient (Wildman–Crippen LogP) is 3.42. The summed E-state index contributed by atoms with van der Waals surface area (Å²) in [5.74, 6) is 1.70. The summed E-state index contributed by atoms with van der Waals surface area (Å²) in [5.41, 5.74) is 1.22. The lowest BCUT2D eigenvalue weighted by Gasteiger charge is -2.34. The Morgan fingerprint density at radius 1 is 1.24 bits per heavy atom. The molecule has 1 aromatic heterocycles. The average Bonchev–Trinajstić information content (AvgIpc) is 3.34. The molecule has 4 rings (SSSR count). The summed E-state index contributed by atoms with van der Waals surface area (Å²) in [4.78, 5) is 3.71. The number of thiophene rings is 1. The summed E-state index contributed by atoms with van der Waals surface area (Å²) >= 11 is 1.75. The number of anilines is 1. The van der Waals surface area contributed by atoms with Crippen molar-refractivity contribution in [2.24, 2.45) is 0 Å². The highest BCUT2D eigenvalue weighted by atomic mass is 32.1. The normalized spacial score (nSPS) is 18.5. The van der Waals surface area contributed by atoms with Gasteiger partial charge in [-0.15, -0.1) is 11.3 Å². The highest BCUT2D eigenvalue weighted by Gasteiger charge is 2.22. The molecule has 0 saturated carbocycles. The Hall–Kier alpha value is -1.76. The molecule has 0 amide bonds. The van der Waals surface area contributed by atoms with Gasteiger partial charge in [0.15, 0.2) is 11.5 Å². The van der Waals surface area contributed by atoms with Crippen LogP contribution in [-0.4, -0.2) is 39.6 Å².